The van der Waals surface area contributed by atoms with E-state index in [9.17, 15) is 9.90 Å². The Morgan fingerprint density at radius 3 is 2.91 bits per heavy atom. The van der Waals surface area contributed by atoms with Crippen LogP contribution >= 0.6 is 11.6 Å². The average Bonchev–Trinajstić information content (AvgIpc) is 2.79. The first kappa shape index (κ1) is 16.5. The van der Waals surface area contributed by atoms with Crippen LogP contribution in [-0.4, -0.2) is 59.2 Å². The summed E-state index contributed by atoms with van der Waals surface area (Å²) >= 11 is 5.95. The summed E-state index contributed by atoms with van der Waals surface area (Å²) in [5.41, 5.74) is 0.950. The van der Waals surface area contributed by atoms with Gasteiger partial charge in [0, 0.05) is 53.9 Å². The Morgan fingerprint density at radius 1 is 1.39 bits per heavy atom. The maximum absolute atomic E-state index is 12.2. The minimum Gasteiger partial charge on any atom is -0.387 e. The van der Waals surface area contributed by atoms with Gasteiger partial charge in [0.05, 0.1) is 5.60 Å². The highest BCUT2D eigenvalue weighted by atomic mass is 35.5. The van der Waals surface area contributed by atoms with Gasteiger partial charge in [0.15, 0.2) is 5.43 Å². The van der Waals surface area contributed by atoms with E-state index in [4.69, 9.17) is 11.6 Å². The highest BCUT2D eigenvalue weighted by Crippen LogP contribution is 2.23. The second-order valence-corrected chi connectivity index (χ2v) is 7.21. The smallest absolute Gasteiger partial charge is 0.189 e. The quantitative estimate of drug-likeness (QED) is 0.892. The fourth-order valence-corrected chi connectivity index (χ4v) is 3.57. The summed E-state index contributed by atoms with van der Waals surface area (Å²) in [7, 11) is 3.93. The Kier molecular flexibility index (Phi) is 4.47. The molecule has 2 heterocycles. The number of likely N-dealkylation sites (tertiary alicyclic amines) is 1. The van der Waals surface area contributed by atoms with E-state index in [0.717, 1.165) is 24.2 Å². The number of aliphatic hydroxyl groups is 1. The molecule has 1 aliphatic heterocycles. The van der Waals surface area contributed by atoms with E-state index in [-0.39, 0.29) is 5.43 Å². The molecule has 23 heavy (non-hydrogen) atoms. The second-order valence-electron chi connectivity index (χ2n) is 6.77. The lowest BCUT2D eigenvalue weighted by atomic mass is 10.0. The summed E-state index contributed by atoms with van der Waals surface area (Å²) in [5, 5.41) is 11.8. The number of hydrogen-bond donors (Lipinski definition) is 2. The third-order valence-electron chi connectivity index (χ3n) is 4.26. The summed E-state index contributed by atoms with van der Waals surface area (Å²) in [6.07, 6.45) is 0.749. The number of rotatable bonds is 4. The summed E-state index contributed by atoms with van der Waals surface area (Å²) in [6, 6.07) is 6.91. The van der Waals surface area contributed by atoms with E-state index in [0.29, 0.717) is 30.0 Å². The molecule has 0 bridgehead atoms. The Hall–Kier alpha value is -1.40. The number of nitrogens with zero attached hydrogens (tertiary/aromatic N) is 2. The third-order valence-corrected chi connectivity index (χ3v) is 4.50. The average molecular weight is 336 g/mol. The van der Waals surface area contributed by atoms with Gasteiger partial charge in [-0.15, -0.1) is 0 Å². The van der Waals surface area contributed by atoms with E-state index in [1.807, 2.05) is 25.1 Å². The monoisotopic (exact) mass is 335 g/mol. The number of aromatic amines is 1. The predicted octanol–water partition coefficient (Wildman–Crippen LogP) is 1.68. The first-order chi connectivity index (χ1) is 10.8. The Labute approximate surface area is 140 Å². The molecule has 6 heteroatoms. The summed E-state index contributed by atoms with van der Waals surface area (Å²) in [6.45, 7) is 2.72. The van der Waals surface area contributed by atoms with Crippen molar-refractivity contribution in [2.75, 3.05) is 33.7 Å². The molecule has 2 aromatic rings. The van der Waals surface area contributed by atoms with Crippen molar-refractivity contribution in [1.82, 2.24) is 14.8 Å². The second kappa shape index (κ2) is 6.24. The standard InChI is InChI=1S/C17H22ClN3O2/c1-20(2)10-17(23)5-6-21(11-17)9-13-8-16(22)14-7-12(18)3-4-15(14)19-13/h3-4,7-8,23H,5-6,9-11H2,1-2H3,(H,19,22)/t17-/m1/s1. The van der Waals surface area contributed by atoms with Gasteiger partial charge in [-0.3, -0.25) is 9.69 Å². The zero-order valence-electron chi connectivity index (χ0n) is 13.5. The van der Waals surface area contributed by atoms with Gasteiger partial charge < -0.3 is 15.0 Å². The molecule has 0 spiro atoms. The van der Waals surface area contributed by atoms with Gasteiger partial charge in [0.1, 0.15) is 0 Å². The van der Waals surface area contributed by atoms with Gasteiger partial charge in [-0.25, -0.2) is 0 Å². The van der Waals surface area contributed by atoms with Gasteiger partial charge in [-0.05, 0) is 38.7 Å². The fraction of sp³-hybridized carbons (Fsp3) is 0.471. The van der Waals surface area contributed by atoms with Crippen molar-refractivity contribution < 1.29 is 5.11 Å². The van der Waals surface area contributed by atoms with Crippen LogP contribution in [0.2, 0.25) is 5.02 Å². The number of H-pyrrole nitrogens is 1. The molecule has 2 N–H and O–H groups in total. The molecular formula is C17H22ClN3O2. The lowest BCUT2D eigenvalue weighted by molar-refractivity contribution is 0.0239. The largest absolute Gasteiger partial charge is 0.387 e. The van der Waals surface area contributed by atoms with Crippen LogP contribution in [0.5, 0.6) is 0 Å². The maximum Gasteiger partial charge on any atom is 0.189 e. The molecule has 1 aromatic carbocycles. The molecule has 1 fully saturated rings. The highest BCUT2D eigenvalue weighted by molar-refractivity contribution is 6.31. The normalized spacial score (nSPS) is 22.3. The molecule has 0 aliphatic carbocycles. The zero-order chi connectivity index (χ0) is 16.6. The van der Waals surface area contributed by atoms with Crippen molar-refractivity contribution in [3.8, 4) is 0 Å². The van der Waals surface area contributed by atoms with E-state index >= 15 is 0 Å². The van der Waals surface area contributed by atoms with Crippen molar-refractivity contribution in [3.05, 3.63) is 45.2 Å². The number of pyridine rings is 1. The van der Waals surface area contributed by atoms with Crippen LogP contribution in [0.4, 0.5) is 0 Å². The van der Waals surface area contributed by atoms with E-state index in [1.165, 1.54) is 0 Å². The molecule has 5 nitrogen and oxygen atoms in total. The van der Waals surface area contributed by atoms with E-state index < -0.39 is 5.60 Å². The van der Waals surface area contributed by atoms with Crippen molar-refractivity contribution in [2.24, 2.45) is 0 Å². The number of benzene rings is 1. The summed E-state index contributed by atoms with van der Waals surface area (Å²) in [4.78, 5) is 19.7. The van der Waals surface area contributed by atoms with Gasteiger partial charge in [0.2, 0.25) is 0 Å². The number of likely N-dealkylation sites (N-methyl/N-ethyl adjacent to an activating group) is 1. The van der Waals surface area contributed by atoms with Gasteiger partial charge in [0.25, 0.3) is 0 Å². The molecular weight excluding hydrogens is 314 g/mol. The SMILES string of the molecule is CN(C)C[C@]1(O)CCN(Cc2cc(=O)c3cc(Cl)ccc3[nH]2)C1. The summed E-state index contributed by atoms with van der Waals surface area (Å²) in [5.74, 6) is 0. The first-order valence-electron chi connectivity index (χ1n) is 7.76. The number of hydrogen-bond acceptors (Lipinski definition) is 4. The Morgan fingerprint density at radius 2 is 2.17 bits per heavy atom. The molecule has 0 saturated carbocycles. The summed E-state index contributed by atoms with van der Waals surface area (Å²) < 4.78 is 0. The minimum atomic E-state index is -0.672. The molecule has 1 aromatic heterocycles. The predicted molar refractivity (Wildman–Crippen MR) is 93.0 cm³/mol. The van der Waals surface area contributed by atoms with Crippen LogP contribution in [0, 0.1) is 0 Å². The number of halogens is 1. The molecule has 1 aliphatic rings. The van der Waals surface area contributed by atoms with Gasteiger partial charge >= 0.3 is 0 Å². The molecule has 0 radical (unpaired) electrons. The van der Waals surface area contributed by atoms with Crippen LogP contribution < -0.4 is 5.43 Å². The Bertz CT molecular complexity index is 774. The number of aromatic nitrogens is 1. The third kappa shape index (κ3) is 3.75. The maximum atomic E-state index is 12.2. The van der Waals surface area contributed by atoms with Crippen molar-refractivity contribution in [3.63, 3.8) is 0 Å². The fourth-order valence-electron chi connectivity index (χ4n) is 3.39. The lowest BCUT2D eigenvalue weighted by Gasteiger charge is -2.26. The van der Waals surface area contributed by atoms with Crippen molar-refractivity contribution >= 4 is 22.5 Å². The van der Waals surface area contributed by atoms with Crippen molar-refractivity contribution in [2.45, 2.75) is 18.6 Å². The highest BCUT2D eigenvalue weighted by Gasteiger charge is 2.36. The number of nitrogens with one attached hydrogen (secondary N) is 1. The molecule has 1 atom stereocenters. The molecule has 0 amide bonds. The molecule has 1 saturated heterocycles. The number of fused-ring (bicyclic) bond motifs is 1. The van der Waals surface area contributed by atoms with Gasteiger partial charge in [-0.1, -0.05) is 11.6 Å². The minimum absolute atomic E-state index is 0.0287. The van der Waals surface area contributed by atoms with Crippen LogP contribution in [-0.2, 0) is 6.54 Å². The Balaban J connectivity index is 1.78. The molecule has 3 rings (SSSR count). The first-order valence-corrected chi connectivity index (χ1v) is 8.13. The van der Waals surface area contributed by atoms with Crippen molar-refractivity contribution in [1.29, 1.82) is 0 Å². The topological polar surface area (TPSA) is 59.6 Å². The van der Waals surface area contributed by atoms with E-state index in [2.05, 4.69) is 9.88 Å². The van der Waals surface area contributed by atoms with Crippen LogP contribution in [0.15, 0.2) is 29.1 Å². The molecule has 124 valence electrons. The lowest BCUT2D eigenvalue weighted by Crippen LogP contribution is -2.42. The van der Waals surface area contributed by atoms with Crippen LogP contribution in [0.1, 0.15) is 12.1 Å². The number of β-amino-alcohol motifs (C(OH)–C–C–N with tert-alkyl or cyclic N) is 1. The van der Waals surface area contributed by atoms with Crippen LogP contribution in [0.3, 0.4) is 0 Å². The zero-order valence-corrected chi connectivity index (χ0v) is 14.2. The van der Waals surface area contributed by atoms with E-state index in [1.54, 1.807) is 18.2 Å². The van der Waals surface area contributed by atoms with Gasteiger partial charge in [-0.2, -0.15) is 0 Å². The van der Waals surface area contributed by atoms with Crippen LogP contribution in [0.25, 0.3) is 10.9 Å². The molecule has 0 unspecified atom stereocenters.